The maximum Gasteiger partial charge on any atom is 0.270 e. The van der Waals surface area contributed by atoms with E-state index in [0.29, 0.717) is 23.2 Å². The molecule has 3 rings (SSSR count). The van der Waals surface area contributed by atoms with Crippen LogP contribution in [-0.4, -0.2) is 22.4 Å². The number of halogens is 1. The van der Waals surface area contributed by atoms with Gasteiger partial charge >= 0.3 is 0 Å². The normalized spacial score (nSPS) is 10.5. The summed E-state index contributed by atoms with van der Waals surface area (Å²) >= 11 is 5.88. The average Bonchev–Trinajstić information content (AvgIpc) is 2.66. The van der Waals surface area contributed by atoms with Crippen molar-refractivity contribution >= 4 is 29.1 Å². The summed E-state index contributed by atoms with van der Waals surface area (Å²) in [6.07, 6.45) is 2.30. The fourth-order valence-corrected chi connectivity index (χ4v) is 2.72. The highest BCUT2D eigenvalue weighted by Crippen LogP contribution is 2.19. The van der Waals surface area contributed by atoms with Crippen molar-refractivity contribution in [2.45, 2.75) is 20.3 Å². The molecule has 1 amide bonds. The van der Waals surface area contributed by atoms with Crippen LogP contribution < -0.4 is 10.6 Å². The number of aryl methyl sites for hydroxylation is 2. The van der Waals surface area contributed by atoms with Gasteiger partial charge in [-0.25, -0.2) is 9.97 Å². The Morgan fingerprint density at radius 3 is 2.63 bits per heavy atom. The van der Waals surface area contributed by atoms with Crippen molar-refractivity contribution in [3.63, 3.8) is 0 Å². The molecule has 138 valence electrons. The number of carbonyl (C=O) groups is 1. The lowest BCUT2D eigenvalue weighted by atomic mass is 10.1. The molecule has 3 aromatic rings. The molecule has 2 aromatic carbocycles. The van der Waals surface area contributed by atoms with E-state index in [-0.39, 0.29) is 5.91 Å². The van der Waals surface area contributed by atoms with E-state index in [1.165, 1.54) is 0 Å². The molecule has 1 aromatic heterocycles. The summed E-state index contributed by atoms with van der Waals surface area (Å²) in [7, 11) is 0. The summed E-state index contributed by atoms with van der Waals surface area (Å²) in [6.45, 7) is 4.55. The second-order valence-corrected chi connectivity index (χ2v) is 6.78. The number of benzene rings is 2. The summed E-state index contributed by atoms with van der Waals surface area (Å²) in [5.74, 6) is 0.171. The van der Waals surface area contributed by atoms with Gasteiger partial charge in [0.1, 0.15) is 5.69 Å². The van der Waals surface area contributed by atoms with Gasteiger partial charge in [0.2, 0.25) is 5.95 Å². The van der Waals surface area contributed by atoms with Gasteiger partial charge in [-0.15, -0.1) is 0 Å². The highest BCUT2D eigenvalue weighted by molar-refractivity contribution is 6.30. The molecule has 27 heavy (non-hydrogen) atoms. The Morgan fingerprint density at radius 1 is 1.07 bits per heavy atom. The van der Waals surface area contributed by atoms with E-state index < -0.39 is 0 Å². The van der Waals surface area contributed by atoms with Crippen molar-refractivity contribution < 1.29 is 4.79 Å². The van der Waals surface area contributed by atoms with Crippen molar-refractivity contribution in [3.8, 4) is 0 Å². The lowest BCUT2D eigenvalue weighted by molar-refractivity contribution is 0.0949. The van der Waals surface area contributed by atoms with Gasteiger partial charge in [0.05, 0.1) is 0 Å². The first-order valence-corrected chi connectivity index (χ1v) is 9.09. The van der Waals surface area contributed by atoms with Crippen LogP contribution in [0.3, 0.4) is 0 Å². The maximum absolute atomic E-state index is 12.4. The highest BCUT2D eigenvalue weighted by Gasteiger charge is 2.09. The number of anilines is 2. The molecular formula is C21H21ClN4O. The van der Waals surface area contributed by atoms with Crippen LogP contribution in [0, 0.1) is 13.8 Å². The van der Waals surface area contributed by atoms with Crippen molar-refractivity contribution in [1.82, 2.24) is 15.3 Å². The molecule has 0 radical (unpaired) electrons. The van der Waals surface area contributed by atoms with E-state index in [0.717, 1.165) is 28.8 Å². The van der Waals surface area contributed by atoms with E-state index in [1.54, 1.807) is 12.3 Å². The Bertz CT molecular complexity index is 941. The van der Waals surface area contributed by atoms with E-state index in [9.17, 15) is 4.79 Å². The van der Waals surface area contributed by atoms with Gasteiger partial charge in [-0.3, -0.25) is 4.79 Å². The standard InChI is InChI=1S/C21H21ClN4O/c1-14-3-4-15(2)19(13-14)26-21-24-12-10-18(25-21)20(27)23-11-9-16-5-7-17(22)8-6-16/h3-8,10,12-13H,9,11H2,1-2H3,(H,23,27)(H,24,25,26). The monoisotopic (exact) mass is 380 g/mol. The van der Waals surface area contributed by atoms with Crippen LogP contribution in [0.25, 0.3) is 0 Å². The molecule has 0 aliphatic heterocycles. The van der Waals surface area contributed by atoms with Crippen LogP contribution in [0.1, 0.15) is 27.2 Å². The molecule has 0 saturated heterocycles. The number of nitrogens with one attached hydrogen (secondary N) is 2. The third-order valence-corrected chi connectivity index (χ3v) is 4.39. The van der Waals surface area contributed by atoms with Gasteiger partial charge in [-0.05, 0) is 61.2 Å². The minimum Gasteiger partial charge on any atom is -0.350 e. The van der Waals surface area contributed by atoms with Crippen LogP contribution in [0.2, 0.25) is 5.02 Å². The van der Waals surface area contributed by atoms with Crippen LogP contribution in [-0.2, 0) is 6.42 Å². The number of hydrogen-bond acceptors (Lipinski definition) is 4. The fourth-order valence-electron chi connectivity index (χ4n) is 2.60. The van der Waals surface area contributed by atoms with Crippen molar-refractivity contribution in [3.05, 3.63) is 82.1 Å². The Labute approximate surface area is 163 Å². The predicted octanol–water partition coefficient (Wildman–Crippen LogP) is 4.46. The SMILES string of the molecule is Cc1ccc(C)c(Nc2nccc(C(=O)NCCc3ccc(Cl)cc3)n2)c1. The molecule has 0 unspecified atom stereocenters. The second-order valence-electron chi connectivity index (χ2n) is 6.34. The minimum absolute atomic E-state index is 0.227. The maximum atomic E-state index is 12.4. The first-order chi connectivity index (χ1) is 13.0. The topological polar surface area (TPSA) is 66.9 Å². The summed E-state index contributed by atoms with van der Waals surface area (Å²) in [6, 6.07) is 15.3. The molecular weight excluding hydrogens is 360 g/mol. The first-order valence-electron chi connectivity index (χ1n) is 8.71. The van der Waals surface area contributed by atoms with Crippen LogP contribution in [0.4, 0.5) is 11.6 Å². The zero-order valence-electron chi connectivity index (χ0n) is 15.3. The van der Waals surface area contributed by atoms with Crippen LogP contribution in [0.15, 0.2) is 54.7 Å². The predicted molar refractivity (Wildman–Crippen MR) is 109 cm³/mol. The minimum atomic E-state index is -0.227. The number of carbonyl (C=O) groups excluding carboxylic acids is 1. The average molecular weight is 381 g/mol. The largest absolute Gasteiger partial charge is 0.350 e. The Balaban J connectivity index is 1.61. The lowest BCUT2D eigenvalue weighted by Gasteiger charge is -2.10. The molecule has 0 fully saturated rings. The van der Waals surface area contributed by atoms with Gasteiger partial charge in [0.25, 0.3) is 5.91 Å². The molecule has 6 heteroatoms. The van der Waals surface area contributed by atoms with Crippen LogP contribution >= 0.6 is 11.6 Å². The molecule has 0 spiro atoms. The molecule has 0 bridgehead atoms. The molecule has 1 heterocycles. The number of nitrogens with zero attached hydrogens (tertiary/aromatic N) is 2. The van der Waals surface area contributed by atoms with Crippen molar-refractivity contribution in [1.29, 1.82) is 0 Å². The third kappa shape index (κ3) is 5.28. The number of hydrogen-bond donors (Lipinski definition) is 2. The zero-order chi connectivity index (χ0) is 19.2. The molecule has 5 nitrogen and oxygen atoms in total. The van der Waals surface area contributed by atoms with Gasteiger partial charge in [0.15, 0.2) is 0 Å². The van der Waals surface area contributed by atoms with Gasteiger partial charge in [-0.1, -0.05) is 35.9 Å². The van der Waals surface area contributed by atoms with Crippen molar-refractivity contribution in [2.24, 2.45) is 0 Å². The van der Waals surface area contributed by atoms with E-state index in [4.69, 9.17) is 11.6 Å². The second kappa shape index (κ2) is 8.64. The highest BCUT2D eigenvalue weighted by atomic mass is 35.5. The number of rotatable bonds is 6. The fraction of sp³-hybridized carbons (Fsp3) is 0.190. The summed E-state index contributed by atoms with van der Waals surface area (Å²) in [5, 5.41) is 6.77. The Kier molecular flexibility index (Phi) is 6.04. The van der Waals surface area contributed by atoms with Gasteiger partial charge < -0.3 is 10.6 Å². The van der Waals surface area contributed by atoms with Gasteiger partial charge in [-0.2, -0.15) is 0 Å². The molecule has 0 aliphatic carbocycles. The number of amides is 1. The summed E-state index contributed by atoms with van der Waals surface area (Å²) in [4.78, 5) is 20.9. The number of aromatic nitrogens is 2. The molecule has 0 aliphatic rings. The quantitative estimate of drug-likeness (QED) is 0.662. The van der Waals surface area contributed by atoms with Crippen LogP contribution in [0.5, 0.6) is 0 Å². The first kappa shape index (κ1) is 18.9. The summed E-state index contributed by atoms with van der Waals surface area (Å²) < 4.78 is 0. The molecule has 0 atom stereocenters. The van der Waals surface area contributed by atoms with Gasteiger partial charge in [0, 0.05) is 23.5 Å². The van der Waals surface area contributed by atoms with E-state index in [2.05, 4.69) is 20.6 Å². The molecule has 0 saturated carbocycles. The molecule has 2 N–H and O–H groups in total. The van der Waals surface area contributed by atoms with E-state index >= 15 is 0 Å². The van der Waals surface area contributed by atoms with E-state index in [1.807, 2.05) is 56.3 Å². The van der Waals surface area contributed by atoms with Crippen molar-refractivity contribution in [2.75, 3.05) is 11.9 Å². The third-order valence-electron chi connectivity index (χ3n) is 4.14. The Hall–Kier alpha value is -2.92. The summed E-state index contributed by atoms with van der Waals surface area (Å²) in [5.41, 5.74) is 4.59. The smallest absolute Gasteiger partial charge is 0.270 e. The zero-order valence-corrected chi connectivity index (χ0v) is 16.0. The Morgan fingerprint density at radius 2 is 1.85 bits per heavy atom. The lowest BCUT2D eigenvalue weighted by Crippen LogP contribution is -2.26.